The zero-order valence-electron chi connectivity index (χ0n) is 18.3. The van der Waals surface area contributed by atoms with Crippen molar-refractivity contribution in [3.63, 3.8) is 0 Å². The maximum atomic E-state index is 13.7. The Bertz CT molecular complexity index is 1220. The van der Waals surface area contributed by atoms with Crippen LogP contribution in [0.25, 0.3) is 0 Å². The van der Waals surface area contributed by atoms with Gasteiger partial charge in [0.05, 0.1) is 12.8 Å². The van der Waals surface area contributed by atoms with Crippen molar-refractivity contribution in [2.75, 3.05) is 23.3 Å². The molecule has 32 heavy (non-hydrogen) atoms. The number of carbonyl (C=O) groups is 1. The molecule has 0 fully saturated rings. The van der Waals surface area contributed by atoms with E-state index in [1.807, 2.05) is 26.0 Å². The molecule has 0 saturated heterocycles. The molecule has 0 spiro atoms. The lowest BCUT2D eigenvalue weighted by atomic mass is 10.1. The normalized spacial score (nSPS) is 11.2. The molecule has 168 valence electrons. The number of carbonyl (C=O) groups excluding carboxylic acids is 1. The van der Waals surface area contributed by atoms with Gasteiger partial charge in [-0.15, -0.1) is 0 Å². The van der Waals surface area contributed by atoms with Gasteiger partial charge in [0.2, 0.25) is 5.91 Å². The maximum Gasteiger partial charge on any atom is 0.268 e. The molecular formula is C24H25BrN2O4S. The monoisotopic (exact) mass is 516 g/mol. The summed E-state index contributed by atoms with van der Waals surface area (Å²) in [5.74, 6) is -0.228. The zero-order valence-corrected chi connectivity index (χ0v) is 20.7. The second-order valence-corrected chi connectivity index (χ2v) is 10.2. The molecule has 3 aromatic carbocycles. The van der Waals surface area contributed by atoms with Crippen molar-refractivity contribution in [3.05, 3.63) is 81.8 Å². The van der Waals surface area contributed by atoms with Crippen LogP contribution >= 0.6 is 15.9 Å². The van der Waals surface area contributed by atoms with Gasteiger partial charge in [-0.3, -0.25) is 9.10 Å². The first-order chi connectivity index (χ1) is 15.1. The third-order valence-electron chi connectivity index (χ3n) is 4.98. The number of nitrogens with one attached hydrogen (secondary N) is 1. The Kier molecular flexibility index (Phi) is 7.26. The van der Waals surface area contributed by atoms with E-state index in [1.54, 1.807) is 55.5 Å². The number of nitrogens with zero attached hydrogens (tertiary/aromatic N) is 1. The SMILES string of the molecule is COc1ccc(C)cc1S(=O)(=O)N(CC(=O)Nc1c(C)cc(Br)cc1C)c1ccccc1. The number of para-hydroxylation sites is 1. The summed E-state index contributed by atoms with van der Waals surface area (Å²) in [6, 6.07) is 17.3. The van der Waals surface area contributed by atoms with Crippen LogP contribution in [-0.4, -0.2) is 28.0 Å². The van der Waals surface area contributed by atoms with Crippen LogP contribution in [0.5, 0.6) is 5.75 Å². The van der Waals surface area contributed by atoms with Crippen molar-refractivity contribution in [2.24, 2.45) is 0 Å². The molecule has 0 bridgehead atoms. The summed E-state index contributed by atoms with van der Waals surface area (Å²) in [5.41, 5.74) is 3.56. The molecule has 0 aliphatic rings. The van der Waals surface area contributed by atoms with E-state index in [2.05, 4.69) is 21.2 Å². The van der Waals surface area contributed by atoms with E-state index in [9.17, 15) is 13.2 Å². The van der Waals surface area contributed by atoms with Gasteiger partial charge in [-0.1, -0.05) is 40.2 Å². The molecule has 0 radical (unpaired) electrons. The number of anilines is 2. The van der Waals surface area contributed by atoms with Gasteiger partial charge in [0.25, 0.3) is 10.0 Å². The van der Waals surface area contributed by atoms with Gasteiger partial charge >= 0.3 is 0 Å². The molecule has 1 amide bonds. The van der Waals surface area contributed by atoms with Gasteiger partial charge in [0.15, 0.2) is 0 Å². The maximum absolute atomic E-state index is 13.7. The summed E-state index contributed by atoms with van der Waals surface area (Å²) in [7, 11) is -2.67. The van der Waals surface area contributed by atoms with E-state index >= 15 is 0 Å². The number of halogens is 1. The third kappa shape index (κ3) is 5.14. The lowest BCUT2D eigenvalue weighted by molar-refractivity contribution is -0.114. The Labute approximate surface area is 197 Å². The molecule has 0 aromatic heterocycles. The predicted octanol–water partition coefficient (Wildman–Crippen LogP) is 5.22. The first-order valence-corrected chi connectivity index (χ1v) is 12.2. The van der Waals surface area contributed by atoms with Crippen molar-refractivity contribution in [1.82, 2.24) is 0 Å². The first kappa shape index (κ1) is 23.8. The van der Waals surface area contributed by atoms with Crippen LogP contribution in [0.2, 0.25) is 0 Å². The highest BCUT2D eigenvalue weighted by Crippen LogP contribution is 2.31. The Balaban J connectivity index is 2.01. The van der Waals surface area contributed by atoms with E-state index < -0.39 is 22.5 Å². The molecule has 6 nitrogen and oxygen atoms in total. The van der Waals surface area contributed by atoms with Crippen LogP contribution < -0.4 is 14.4 Å². The van der Waals surface area contributed by atoms with Crippen LogP contribution in [0, 0.1) is 20.8 Å². The molecule has 0 heterocycles. The van der Waals surface area contributed by atoms with Crippen molar-refractivity contribution in [1.29, 1.82) is 0 Å². The average Bonchev–Trinajstić information content (AvgIpc) is 2.75. The molecule has 3 rings (SSSR count). The molecule has 0 unspecified atom stereocenters. The standard InChI is InChI=1S/C24H25BrN2O4S/c1-16-10-11-21(31-4)22(12-16)32(29,30)27(20-8-6-5-7-9-20)15-23(28)26-24-17(2)13-19(25)14-18(24)3/h5-14H,15H2,1-4H3,(H,26,28). The minimum atomic E-state index is -4.09. The van der Waals surface area contributed by atoms with E-state index in [0.29, 0.717) is 11.4 Å². The quantitative estimate of drug-likeness (QED) is 0.467. The number of hydrogen-bond donors (Lipinski definition) is 1. The summed E-state index contributed by atoms with van der Waals surface area (Å²) >= 11 is 3.44. The molecule has 0 atom stereocenters. The van der Waals surface area contributed by atoms with Gasteiger partial charge < -0.3 is 10.1 Å². The second kappa shape index (κ2) is 9.75. The smallest absolute Gasteiger partial charge is 0.268 e. The number of rotatable bonds is 7. The van der Waals surface area contributed by atoms with Crippen molar-refractivity contribution < 1.29 is 17.9 Å². The largest absolute Gasteiger partial charge is 0.495 e. The minimum absolute atomic E-state index is 0.00709. The summed E-state index contributed by atoms with van der Waals surface area (Å²) in [4.78, 5) is 13.0. The highest BCUT2D eigenvalue weighted by molar-refractivity contribution is 9.10. The number of aryl methyl sites for hydroxylation is 3. The van der Waals surface area contributed by atoms with E-state index in [0.717, 1.165) is 25.5 Å². The highest BCUT2D eigenvalue weighted by Gasteiger charge is 2.30. The zero-order chi connectivity index (χ0) is 23.5. The fraction of sp³-hybridized carbons (Fsp3) is 0.208. The Morgan fingerprint density at radius 3 is 2.22 bits per heavy atom. The lowest BCUT2D eigenvalue weighted by Gasteiger charge is -2.25. The molecule has 8 heteroatoms. The Morgan fingerprint density at radius 1 is 1.00 bits per heavy atom. The van der Waals surface area contributed by atoms with Gasteiger partial charge in [0, 0.05) is 10.2 Å². The fourth-order valence-electron chi connectivity index (χ4n) is 3.43. The molecule has 1 N–H and O–H groups in total. The fourth-order valence-corrected chi connectivity index (χ4v) is 5.78. The lowest BCUT2D eigenvalue weighted by Crippen LogP contribution is -2.38. The first-order valence-electron chi connectivity index (χ1n) is 9.92. The highest BCUT2D eigenvalue weighted by atomic mass is 79.9. The Hall–Kier alpha value is -2.84. The third-order valence-corrected chi connectivity index (χ3v) is 7.23. The topological polar surface area (TPSA) is 75.7 Å². The molecule has 0 aliphatic heterocycles. The molecular weight excluding hydrogens is 492 g/mol. The van der Waals surface area contributed by atoms with Crippen LogP contribution in [0.15, 0.2) is 70.0 Å². The number of sulfonamides is 1. The average molecular weight is 517 g/mol. The van der Waals surface area contributed by atoms with Crippen LogP contribution in [0.1, 0.15) is 16.7 Å². The Morgan fingerprint density at radius 2 is 1.62 bits per heavy atom. The van der Waals surface area contributed by atoms with E-state index in [4.69, 9.17) is 4.74 Å². The van der Waals surface area contributed by atoms with Crippen LogP contribution in [0.3, 0.4) is 0 Å². The van der Waals surface area contributed by atoms with Crippen LogP contribution in [-0.2, 0) is 14.8 Å². The second-order valence-electron chi connectivity index (χ2n) is 7.46. The summed E-state index contributed by atoms with van der Waals surface area (Å²) < 4.78 is 34.7. The van der Waals surface area contributed by atoms with Gasteiger partial charge in [-0.05, 0) is 73.9 Å². The summed E-state index contributed by atoms with van der Waals surface area (Å²) in [6.45, 7) is 5.18. The van der Waals surface area contributed by atoms with Crippen LogP contribution in [0.4, 0.5) is 11.4 Å². The van der Waals surface area contributed by atoms with E-state index in [1.165, 1.54) is 7.11 Å². The summed E-state index contributed by atoms with van der Waals surface area (Å²) in [5, 5.41) is 2.87. The van der Waals surface area contributed by atoms with Crippen molar-refractivity contribution >= 4 is 43.2 Å². The minimum Gasteiger partial charge on any atom is -0.495 e. The number of benzene rings is 3. The summed E-state index contributed by atoms with van der Waals surface area (Å²) in [6.07, 6.45) is 0. The number of ether oxygens (including phenoxy) is 1. The van der Waals surface area contributed by atoms with Gasteiger partial charge in [-0.25, -0.2) is 8.42 Å². The number of methoxy groups -OCH3 is 1. The van der Waals surface area contributed by atoms with Crippen molar-refractivity contribution in [3.8, 4) is 5.75 Å². The predicted molar refractivity (Wildman–Crippen MR) is 131 cm³/mol. The number of hydrogen-bond acceptors (Lipinski definition) is 4. The number of amides is 1. The van der Waals surface area contributed by atoms with Gasteiger partial charge in [-0.2, -0.15) is 0 Å². The van der Waals surface area contributed by atoms with Crippen molar-refractivity contribution in [2.45, 2.75) is 25.7 Å². The molecule has 3 aromatic rings. The van der Waals surface area contributed by atoms with E-state index in [-0.39, 0.29) is 10.6 Å². The van der Waals surface area contributed by atoms with Gasteiger partial charge in [0.1, 0.15) is 17.2 Å². The molecule has 0 aliphatic carbocycles. The molecule has 0 saturated carbocycles.